The number of nitrogens with zero attached hydrogens (tertiary/aromatic N) is 1. The third-order valence-corrected chi connectivity index (χ3v) is 6.50. The van der Waals surface area contributed by atoms with Gasteiger partial charge in [0.25, 0.3) is 5.91 Å². The number of nitrogens with one attached hydrogen (secondary N) is 2. The lowest BCUT2D eigenvalue weighted by Gasteiger charge is -2.44. The quantitative estimate of drug-likeness (QED) is 0.772. The number of amides is 3. The van der Waals surface area contributed by atoms with Gasteiger partial charge in [-0.05, 0) is 37.8 Å². The van der Waals surface area contributed by atoms with E-state index in [4.69, 9.17) is 0 Å². The number of hydrogen-bond acceptors (Lipinski definition) is 3. The molecule has 1 aromatic carbocycles. The predicted octanol–water partition coefficient (Wildman–Crippen LogP) is 3.03. The third-order valence-electron chi connectivity index (χ3n) is 6.50. The minimum absolute atomic E-state index is 0.0191. The van der Waals surface area contributed by atoms with Crippen LogP contribution in [0.1, 0.15) is 74.6 Å². The van der Waals surface area contributed by atoms with Gasteiger partial charge in [0.2, 0.25) is 11.8 Å². The monoisotopic (exact) mass is 399 g/mol. The molecule has 2 fully saturated rings. The lowest BCUT2D eigenvalue weighted by Crippen LogP contribution is -2.62. The van der Waals surface area contributed by atoms with Crippen LogP contribution in [0.25, 0.3) is 0 Å². The van der Waals surface area contributed by atoms with Crippen LogP contribution >= 0.6 is 0 Å². The predicted molar refractivity (Wildman–Crippen MR) is 112 cm³/mol. The van der Waals surface area contributed by atoms with Crippen LogP contribution in [0.4, 0.5) is 0 Å². The van der Waals surface area contributed by atoms with E-state index in [2.05, 4.69) is 10.6 Å². The van der Waals surface area contributed by atoms with Gasteiger partial charge in [0.05, 0.1) is 6.54 Å². The van der Waals surface area contributed by atoms with Crippen LogP contribution in [0.5, 0.6) is 0 Å². The van der Waals surface area contributed by atoms with Gasteiger partial charge in [0, 0.05) is 18.7 Å². The van der Waals surface area contributed by atoms with Crippen LogP contribution in [0.2, 0.25) is 0 Å². The molecule has 6 heteroatoms. The first-order valence-corrected chi connectivity index (χ1v) is 10.9. The number of benzene rings is 1. The van der Waals surface area contributed by atoms with Crippen molar-refractivity contribution < 1.29 is 14.4 Å². The summed E-state index contributed by atoms with van der Waals surface area (Å²) in [5.41, 5.74) is -0.282. The van der Waals surface area contributed by atoms with E-state index in [9.17, 15) is 14.4 Å². The third kappa shape index (κ3) is 5.17. The van der Waals surface area contributed by atoms with Crippen molar-refractivity contribution in [1.82, 2.24) is 15.5 Å². The van der Waals surface area contributed by atoms with Gasteiger partial charge in [-0.15, -0.1) is 0 Å². The Morgan fingerprint density at radius 1 is 0.966 bits per heavy atom. The number of carbonyl (C=O) groups is 3. The molecule has 0 aliphatic heterocycles. The minimum Gasteiger partial charge on any atom is -0.351 e. The van der Waals surface area contributed by atoms with Crippen LogP contribution < -0.4 is 10.6 Å². The van der Waals surface area contributed by atoms with Gasteiger partial charge in [-0.3, -0.25) is 14.4 Å². The van der Waals surface area contributed by atoms with Crippen molar-refractivity contribution in [2.45, 2.75) is 75.8 Å². The highest BCUT2D eigenvalue weighted by atomic mass is 16.2. The molecule has 3 rings (SSSR count). The van der Waals surface area contributed by atoms with E-state index in [1.807, 2.05) is 6.07 Å². The summed E-state index contributed by atoms with van der Waals surface area (Å²) in [6, 6.07) is 9.06. The highest BCUT2D eigenvalue weighted by molar-refractivity contribution is 5.97. The summed E-state index contributed by atoms with van der Waals surface area (Å²) in [6.07, 6.45) is 9.90. The zero-order chi connectivity index (χ0) is 20.7. The Bertz CT molecular complexity index is 707. The van der Waals surface area contributed by atoms with E-state index in [-0.39, 0.29) is 30.3 Å². The summed E-state index contributed by atoms with van der Waals surface area (Å²) >= 11 is 0. The molecular formula is C23H33N3O3. The second-order valence-corrected chi connectivity index (χ2v) is 8.40. The van der Waals surface area contributed by atoms with Gasteiger partial charge >= 0.3 is 0 Å². The maximum Gasteiger partial charge on any atom is 0.251 e. The van der Waals surface area contributed by atoms with Crippen LogP contribution in [-0.2, 0) is 9.59 Å². The molecule has 2 saturated carbocycles. The molecule has 0 unspecified atom stereocenters. The maximum absolute atomic E-state index is 13.3. The number of likely N-dealkylation sites (N-methyl/N-ethyl adjacent to an activating group) is 1. The standard InChI is InChI=1S/C23H33N3O3/c1-26(20(27)17-24-21(28)18-11-5-2-6-12-18)23(15-9-4-10-16-23)22(29)25-19-13-7-3-8-14-19/h2,5-6,11-12,19H,3-4,7-10,13-17H2,1H3,(H,24,28)(H,25,29). The molecule has 0 saturated heterocycles. The number of carbonyl (C=O) groups excluding carboxylic acids is 3. The van der Waals surface area contributed by atoms with Gasteiger partial charge in [0.1, 0.15) is 5.54 Å². The van der Waals surface area contributed by atoms with Crippen LogP contribution in [0, 0.1) is 0 Å². The SMILES string of the molecule is CN(C(=O)CNC(=O)c1ccccc1)C1(C(=O)NC2CCCCC2)CCCCC1. The van der Waals surface area contributed by atoms with Crippen molar-refractivity contribution in [2.75, 3.05) is 13.6 Å². The Hall–Kier alpha value is -2.37. The van der Waals surface area contributed by atoms with E-state index in [0.29, 0.717) is 18.4 Å². The zero-order valence-electron chi connectivity index (χ0n) is 17.4. The smallest absolute Gasteiger partial charge is 0.251 e. The van der Waals surface area contributed by atoms with Crippen LogP contribution in [0.3, 0.4) is 0 Å². The van der Waals surface area contributed by atoms with Gasteiger partial charge in [-0.2, -0.15) is 0 Å². The molecule has 0 atom stereocenters. The number of rotatable bonds is 6. The fraction of sp³-hybridized carbons (Fsp3) is 0.609. The molecule has 158 valence electrons. The van der Waals surface area contributed by atoms with Crippen molar-refractivity contribution in [1.29, 1.82) is 0 Å². The Balaban J connectivity index is 1.64. The summed E-state index contributed by atoms with van der Waals surface area (Å²) in [6.45, 7) is -0.108. The summed E-state index contributed by atoms with van der Waals surface area (Å²) in [4.78, 5) is 40.1. The molecule has 1 aromatic rings. The normalized spacial score (nSPS) is 19.2. The summed E-state index contributed by atoms with van der Waals surface area (Å²) in [7, 11) is 1.71. The Kier molecular flexibility index (Phi) is 7.29. The average Bonchev–Trinajstić information content (AvgIpc) is 2.78. The van der Waals surface area contributed by atoms with Crippen molar-refractivity contribution in [2.24, 2.45) is 0 Å². The highest BCUT2D eigenvalue weighted by Crippen LogP contribution is 2.34. The largest absolute Gasteiger partial charge is 0.351 e. The minimum atomic E-state index is -0.801. The van der Waals surface area contributed by atoms with Gasteiger partial charge in [0.15, 0.2) is 0 Å². The Morgan fingerprint density at radius 2 is 1.59 bits per heavy atom. The maximum atomic E-state index is 13.3. The molecule has 2 aliphatic rings. The Labute approximate surface area is 173 Å². The first kappa shape index (κ1) is 21.3. The van der Waals surface area contributed by atoms with Crippen LogP contribution in [-0.4, -0.2) is 47.8 Å². The molecule has 2 aliphatic carbocycles. The first-order valence-electron chi connectivity index (χ1n) is 10.9. The van der Waals surface area contributed by atoms with Crippen molar-refractivity contribution in [3.05, 3.63) is 35.9 Å². The molecular weight excluding hydrogens is 366 g/mol. The molecule has 0 radical (unpaired) electrons. The lowest BCUT2D eigenvalue weighted by molar-refractivity contribution is -0.148. The van der Waals surface area contributed by atoms with Gasteiger partial charge < -0.3 is 15.5 Å². The first-order chi connectivity index (χ1) is 14.0. The average molecular weight is 400 g/mol. The molecule has 0 bridgehead atoms. The van der Waals surface area contributed by atoms with Crippen molar-refractivity contribution in [3.8, 4) is 0 Å². The second kappa shape index (κ2) is 9.90. The lowest BCUT2D eigenvalue weighted by atomic mass is 9.79. The highest BCUT2D eigenvalue weighted by Gasteiger charge is 2.45. The van der Waals surface area contributed by atoms with Gasteiger partial charge in [-0.1, -0.05) is 56.7 Å². The molecule has 0 heterocycles. The van der Waals surface area contributed by atoms with E-state index >= 15 is 0 Å². The summed E-state index contributed by atoms with van der Waals surface area (Å²) in [5.74, 6) is -0.527. The summed E-state index contributed by atoms with van der Waals surface area (Å²) in [5, 5.41) is 5.93. The van der Waals surface area contributed by atoms with Crippen molar-refractivity contribution >= 4 is 17.7 Å². The zero-order valence-corrected chi connectivity index (χ0v) is 17.4. The van der Waals surface area contributed by atoms with E-state index < -0.39 is 5.54 Å². The van der Waals surface area contributed by atoms with Crippen LogP contribution in [0.15, 0.2) is 30.3 Å². The topological polar surface area (TPSA) is 78.5 Å². The van der Waals surface area contributed by atoms with Crippen molar-refractivity contribution in [3.63, 3.8) is 0 Å². The molecule has 0 spiro atoms. The second-order valence-electron chi connectivity index (χ2n) is 8.40. The Morgan fingerprint density at radius 3 is 2.24 bits per heavy atom. The van der Waals surface area contributed by atoms with Gasteiger partial charge in [-0.25, -0.2) is 0 Å². The number of hydrogen-bond donors (Lipinski definition) is 2. The molecule has 2 N–H and O–H groups in total. The summed E-state index contributed by atoms with van der Waals surface area (Å²) < 4.78 is 0. The molecule has 0 aromatic heterocycles. The molecule has 29 heavy (non-hydrogen) atoms. The fourth-order valence-corrected chi connectivity index (χ4v) is 4.62. The van der Waals surface area contributed by atoms with E-state index in [1.165, 1.54) is 6.42 Å². The van der Waals surface area contributed by atoms with E-state index in [1.54, 1.807) is 36.2 Å². The fourth-order valence-electron chi connectivity index (χ4n) is 4.62. The molecule has 6 nitrogen and oxygen atoms in total. The van der Waals surface area contributed by atoms with E-state index in [0.717, 1.165) is 44.9 Å². The molecule has 3 amide bonds.